The number of alkyl halides is 1. The van der Waals surface area contributed by atoms with E-state index in [2.05, 4.69) is 9.97 Å². The first-order valence-corrected chi connectivity index (χ1v) is 5.56. The van der Waals surface area contributed by atoms with Gasteiger partial charge in [-0.1, -0.05) is 13.8 Å². The molecule has 1 aromatic heterocycles. The van der Waals surface area contributed by atoms with Crippen LogP contribution in [0, 0.1) is 5.41 Å². The fourth-order valence-corrected chi connectivity index (χ4v) is 2.12. The number of halogens is 1. The first-order chi connectivity index (χ1) is 7.90. The van der Waals surface area contributed by atoms with E-state index in [0.717, 1.165) is 0 Å². The van der Waals surface area contributed by atoms with Gasteiger partial charge >= 0.3 is 0 Å². The molecule has 3 N–H and O–H groups in total. The average Bonchev–Trinajstić information content (AvgIpc) is 2.25. The highest BCUT2D eigenvalue weighted by molar-refractivity contribution is 5.39. The second kappa shape index (κ2) is 4.10. The summed E-state index contributed by atoms with van der Waals surface area (Å²) in [6, 6.07) is 1.58. The van der Waals surface area contributed by atoms with Crippen molar-refractivity contribution in [3.05, 3.63) is 12.3 Å². The van der Waals surface area contributed by atoms with Crippen LogP contribution in [0.4, 0.5) is 16.2 Å². The number of nitrogens with two attached hydrogens (primary N) is 1. The monoisotopic (exact) mass is 240 g/mol. The number of hydrogen-bond donors (Lipinski definition) is 2. The summed E-state index contributed by atoms with van der Waals surface area (Å²) < 4.78 is 13.7. The minimum atomic E-state index is -1.30. The van der Waals surface area contributed by atoms with E-state index in [1.807, 2.05) is 13.8 Å². The number of nitrogen functional groups attached to an aromatic ring is 1. The summed E-state index contributed by atoms with van der Waals surface area (Å²) in [5, 5.41) is 9.76. The number of aliphatic hydroxyl groups is 1. The molecule has 1 unspecified atom stereocenters. The Kier molecular flexibility index (Phi) is 2.91. The fraction of sp³-hybridized carbons (Fsp3) is 0.636. The van der Waals surface area contributed by atoms with E-state index in [-0.39, 0.29) is 6.54 Å². The number of rotatable bonds is 1. The lowest BCUT2D eigenvalue weighted by atomic mass is 9.80. The smallest absolute Gasteiger partial charge is 0.227 e. The quantitative estimate of drug-likeness (QED) is 0.752. The Morgan fingerprint density at radius 2 is 2.29 bits per heavy atom. The maximum Gasteiger partial charge on any atom is 0.227 e. The van der Waals surface area contributed by atoms with Crippen molar-refractivity contribution in [3.8, 4) is 0 Å². The van der Waals surface area contributed by atoms with Crippen LogP contribution in [0.15, 0.2) is 12.3 Å². The van der Waals surface area contributed by atoms with Crippen LogP contribution in [0.2, 0.25) is 0 Å². The molecule has 2 heterocycles. The Bertz CT molecular complexity index is 412. The Morgan fingerprint density at radius 1 is 1.59 bits per heavy atom. The number of aromatic nitrogens is 2. The van der Waals surface area contributed by atoms with E-state index in [1.54, 1.807) is 17.2 Å². The molecule has 1 aromatic rings. The van der Waals surface area contributed by atoms with E-state index in [9.17, 15) is 9.50 Å². The maximum absolute atomic E-state index is 13.7. The van der Waals surface area contributed by atoms with Gasteiger partial charge in [0.05, 0.1) is 12.6 Å². The molecule has 0 radical (unpaired) electrons. The fourth-order valence-electron chi connectivity index (χ4n) is 2.12. The van der Waals surface area contributed by atoms with Gasteiger partial charge in [0.1, 0.15) is 12.0 Å². The molecular formula is C11H17FN4O. The molecule has 0 aliphatic carbocycles. The van der Waals surface area contributed by atoms with Crippen LogP contribution in [-0.2, 0) is 0 Å². The lowest BCUT2D eigenvalue weighted by molar-refractivity contribution is -0.0257. The van der Waals surface area contributed by atoms with Gasteiger partial charge in [-0.2, -0.15) is 4.98 Å². The summed E-state index contributed by atoms with van der Waals surface area (Å²) in [6.07, 6.45) is -0.716. The predicted molar refractivity (Wildman–Crippen MR) is 63.3 cm³/mol. The van der Waals surface area contributed by atoms with E-state index in [1.165, 1.54) is 0 Å². The molecule has 5 nitrogen and oxygen atoms in total. The zero-order valence-electron chi connectivity index (χ0n) is 9.97. The lowest BCUT2D eigenvalue weighted by Crippen LogP contribution is -2.55. The third kappa shape index (κ3) is 2.31. The van der Waals surface area contributed by atoms with E-state index in [4.69, 9.17) is 5.73 Å². The van der Waals surface area contributed by atoms with E-state index >= 15 is 0 Å². The normalized spacial score (nSPS) is 28.1. The highest BCUT2D eigenvalue weighted by atomic mass is 19.1. The summed E-state index contributed by atoms with van der Waals surface area (Å²) >= 11 is 0. The molecule has 1 aliphatic rings. The topological polar surface area (TPSA) is 75.3 Å². The number of piperidine rings is 1. The van der Waals surface area contributed by atoms with Gasteiger partial charge in [-0.15, -0.1) is 0 Å². The molecule has 2 atom stereocenters. The van der Waals surface area contributed by atoms with Crippen LogP contribution in [0.1, 0.15) is 13.8 Å². The number of anilines is 2. The highest BCUT2D eigenvalue weighted by Crippen LogP contribution is 2.32. The highest BCUT2D eigenvalue weighted by Gasteiger charge is 2.42. The van der Waals surface area contributed by atoms with Gasteiger partial charge in [0, 0.05) is 18.2 Å². The van der Waals surface area contributed by atoms with Gasteiger partial charge in [0.25, 0.3) is 0 Å². The van der Waals surface area contributed by atoms with Crippen molar-refractivity contribution in [1.29, 1.82) is 0 Å². The van der Waals surface area contributed by atoms with Gasteiger partial charge < -0.3 is 15.7 Å². The minimum absolute atomic E-state index is 0.0913. The van der Waals surface area contributed by atoms with E-state index < -0.39 is 17.7 Å². The van der Waals surface area contributed by atoms with Crippen molar-refractivity contribution in [2.24, 2.45) is 5.41 Å². The Balaban J connectivity index is 2.24. The number of nitrogens with zero attached hydrogens (tertiary/aromatic N) is 3. The van der Waals surface area contributed by atoms with Crippen molar-refractivity contribution < 1.29 is 9.50 Å². The van der Waals surface area contributed by atoms with Crippen molar-refractivity contribution in [1.82, 2.24) is 9.97 Å². The van der Waals surface area contributed by atoms with Crippen molar-refractivity contribution in [2.45, 2.75) is 26.1 Å². The molecule has 1 saturated heterocycles. The maximum atomic E-state index is 13.7. The molecule has 0 amide bonds. The Labute approximate surface area is 99.5 Å². The molecule has 0 spiro atoms. The first kappa shape index (κ1) is 12.0. The summed E-state index contributed by atoms with van der Waals surface area (Å²) in [7, 11) is 0. The SMILES string of the molecule is CC1(C)CN(c2nccc(N)n2)CC(F)[C@@H]1O. The van der Waals surface area contributed by atoms with Crippen molar-refractivity contribution in [3.63, 3.8) is 0 Å². The molecular weight excluding hydrogens is 223 g/mol. The minimum Gasteiger partial charge on any atom is -0.389 e. The van der Waals surface area contributed by atoms with Gasteiger partial charge in [-0.25, -0.2) is 9.37 Å². The Hall–Kier alpha value is -1.43. The molecule has 94 valence electrons. The first-order valence-electron chi connectivity index (χ1n) is 5.56. The summed E-state index contributed by atoms with van der Waals surface area (Å²) in [6.45, 7) is 4.23. The van der Waals surface area contributed by atoms with Crippen molar-refractivity contribution >= 4 is 11.8 Å². The van der Waals surface area contributed by atoms with Crippen LogP contribution >= 0.6 is 0 Å². The molecule has 0 aromatic carbocycles. The van der Waals surface area contributed by atoms with Gasteiger partial charge in [0.15, 0.2) is 0 Å². The molecule has 2 rings (SSSR count). The van der Waals surface area contributed by atoms with Crippen molar-refractivity contribution in [2.75, 3.05) is 23.7 Å². The zero-order valence-corrected chi connectivity index (χ0v) is 9.97. The molecule has 1 fully saturated rings. The van der Waals surface area contributed by atoms with Gasteiger partial charge in [-0.3, -0.25) is 0 Å². The number of aliphatic hydroxyl groups excluding tert-OH is 1. The molecule has 1 aliphatic heterocycles. The molecule has 6 heteroatoms. The molecule has 0 bridgehead atoms. The molecule has 0 saturated carbocycles. The standard InChI is InChI=1S/C11H17FN4O/c1-11(2)6-16(5-7(12)9(11)17)10-14-4-3-8(13)15-10/h3-4,7,9,17H,5-6H2,1-2H3,(H2,13,14,15)/t7?,9-/m0/s1. The summed E-state index contributed by atoms with van der Waals surface area (Å²) in [5.74, 6) is 0.766. The average molecular weight is 240 g/mol. The third-order valence-electron chi connectivity index (χ3n) is 3.08. The second-order valence-electron chi connectivity index (χ2n) is 5.11. The van der Waals surface area contributed by atoms with Crippen LogP contribution in [0.5, 0.6) is 0 Å². The zero-order chi connectivity index (χ0) is 12.6. The van der Waals surface area contributed by atoms with Crippen LogP contribution < -0.4 is 10.6 Å². The van der Waals surface area contributed by atoms with E-state index in [0.29, 0.717) is 18.3 Å². The lowest BCUT2D eigenvalue weighted by Gasteiger charge is -2.43. The van der Waals surface area contributed by atoms with Crippen LogP contribution in [-0.4, -0.2) is 40.4 Å². The van der Waals surface area contributed by atoms with Crippen LogP contribution in [0.25, 0.3) is 0 Å². The summed E-state index contributed by atoms with van der Waals surface area (Å²) in [5.41, 5.74) is 5.04. The van der Waals surface area contributed by atoms with Gasteiger partial charge in [0.2, 0.25) is 5.95 Å². The third-order valence-corrected chi connectivity index (χ3v) is 3.08. The largest absolute Gasteiger partial charge is 0.389 e. The summed E-state index contributed by atoms with van der Waals surface area (Å²) in [4.78, 5) is 9.86. The Morgan fingerprint density at radius 3 is 2.88 bits per heavy atom. The molecule has 17 heavy (non-hydrogen) atoms. The predicted octanol–water partition coefficient (Wildman–Crippen LogP) is 0.604. The second-order valence-corrected chi connectivity index (χ2v) is 5.11. The van der Waals surface area contributed by atoms with Crippen LogP contribution in [0.3, 0.4) is 0 Å². The number of hydrogen-bond acceptors (Lipinski definition) is 5. The van der Waals surface area contributed by atoms with Gasteiger partial charge in [-0.05, 0) is 6.07 Å².